The maximum absolute atomic E-state index is 11.0. The van der Waals surface area contributed by atoms with Crippen LogP contribution in [0.25, 0.3) is 0 Å². The molecule has 0 aliphatic heterocycles. The van der Waals surface area contributed by atoms with Gasteiger partial charge in [-0.15, -0.1) is 0 Å². The summed E-state index contributed by atoms with van der Waals surface area (Å²) in [6.45, 7) is 15.1. The quantitative estimate of drug-likeness (QED) is 0.341. The Morgan fingerprint density at radius 1 is 0.875 bits per heavy atom. The van der Waals surface area contributed by atoms with Crippen LogP contribution >= 0.6 is 0 Å². The summed E-state index contributed by atoms with van der Waals surface area (Å²) < 4.78 is 0. The summed E-state index contributed by atoms with van der Waals surface area (Å²) in [6.07, 6.45) is 8.58. The molecule has 0 radical (unpaired) electrons. The van der Waals surface area contributed by atoms with E-state index in [4.69, 9.17) is 5.73 Å². The van der Waals surface area contributed by atoms with Crippen molar-refractivity contribution in [3.05, 3.63) is 22.8 Å². The Morgan fingerprint density at radius 3 is 1.92 bits per heavy atom. The topological polar surface area (TPSA) is 46.2 Å². The fourth-order valence-electron chi connectivity index (χ4n) is 3.46. The Morgan fingerprint density at radius 2 is 1.42 bits per heavy atom. The zero-order valence-electron chi connectivity index (χ0n) is 17.1. The smallest absolute Gasteiger partial charge is 0.123 e. The molecule has 0 aromatic heterocycles. The first-order valence-corrected chi connectivity index (χ1v) is 9.65. The maximum Gasteiger partial charge on any atom is 0.123 e. The van der Waals surface area contributed by atoms with Crippen molar-refractivity contribution in [2.75, 3.05) is 5.73 Å². The van der Waals surface area contributed by atoms with Crippen molar-refractivity contribution in [2.24, 2.45) is 0 Å². The van der Waals surface area contributed by atoms with Gasteiger partial charge in [0, 0.05) is 16.8 Å². The zero-order valence-corrected chi connectivity index (χ0v) is 17.1. The van der Waals surface area contributed by atoms with E-state index in [1.54, 1.807) is 0 Å². The molecule has 0 heterocycles. The van der Waals surface area contributed by atoms with Gasteiger partial charge in [0.25, 0.3) is 0 Å². The molecule has 1 aromatic rings. The average molecular weight is 334 g/mol. The van der Waals surface area contributed by atoms with Crippen LogP contribution in [-0.4, -0.2) is 5.11 Å². The number of rotatable bonds is 7. The molecule has 0 aliphatic carbocycles. The lowest BCUT2D eigenvalue weighted by molar-refractivity contribution is 0.421. The number of hydrogen-bond donors (Lipinski definition) is 2. The normalized spacial score (nSPS) is 12.6. The second kappa shape index (κ2) is 8.27. The molecule has 24 heavy (non-hydrogen) atoms. The molecule has 0 amide bonds. The van der Waals surface area contributed by atoms with Gasteiger partial charge in [-0.1, -0.05) is 80.6 Å². The van der Waals surface area contributed by atoms with Gasteiger partial charge in [-0.3, -0.25) is 0 Å². The maximum atomic E-state index is 11.0. The van der Waals surface area contributed by atoms with Crippen molar-refractivity contribution in [1.82, 2.24) is 0 Å². The highest BCUT2D eigenvalue weighted by molar-refractivity contribution is 5.63. The lowest BCUT2D eigenvalue weighted by atomic mass is 9.76. The van der Waals surface area contributed by atoms with Gasteiger partial charge < -0.3 is 10.8 Å². The van der Waals surface area contributed by atoms with Gasteiger partial charge in [0.2, 0.25) is 0 Å². The number of unbranched alkanes of at least 4 members (excludes halogenated alkanes) is 5. The lowest BCUT2D eigenvalue weighted by Gasteiger charge is -2.30. The standard InChI is InChI=1S/C22H39NO/c1-8-9-10-11-12-13-14-16-18(23)15-17(21(2,3)4)20(24)19(16)22(5,6)7/h15,24H,8-14,23H2,1-7H3. The Kier molecular flexibility index (Phi) is 7.19. The third-order valence-corrected chi connectivity index (χ3v) is 4.78. The third-order valence-electron chi connectivity index (χ3n) is 4.78. The highest BCUT2D eigenvalue weighted by atomic mass is 16.3. The predicted octanol–water partition coefficient (Wildman–Crippen LogP) is 6.47. The van der Waals surface area contributed by atoms with Crippen LogP contribution in [-0.2, 0) is 17.3 Å². The molecule has 0 saturated heterocycles. The van der Waals surface area contributed by atoms with Crippen molar-refractivity contribution in [1.29, 1.82) is 0 Å². The molecule has 0 fully saturated rings. The molecule has 2 nitrogen and oxygen atoms in total. The minimum Gasteiger partial charge on any atom is -0.507 e. The van der Waals surface area contributed by atoms with E-state index in [-0.39, 0.29) is 10.8 Å². The molecule has 0 bridgehead atoms. The summed E-state index contributed by atoms with van der Waals surface area (Å²) >= 11 is 0. The lowest BCUT2D eigenvalue weighted by Crippen LogP contribution is -2.20. The average Bonchev–Trinajstić information content (AvgIpc) is 2.43. The van der Waals surface area contributed by atoms with Crippen molar-refractivity contribution < 1.29 is 5.11 Å². The minimum atomic E-state index is -0.114. The van der Waals surface area contributed by atoms with Crippen LogP contribution in [0.4, 0.5) is 5.69 Å². The number of benzene rings is 1. The van der Waals surface area contributed by atoms with Crippen molar-refractivity contribution in [2.45, 2.75) is 104 Å². The van der Waals surface area contributed by atoms with Gasteiger partial charge in [-0.2, -0.15) is 0 Å². The Balaban J connectivity index is 3.09. The molecule has 1 rings (SSSR count). The molecule has 3 N–H and O–H groups in total. The fourth-order valence-corrected chi connectivity index (χ4v) is 3.46. The van der Waals surface area contributed by atoms with Gasteiger partial charge in [0.1, 0.15) is 5.75 Å². The number of anilines is 1. The third kappa shape index (κ3) is 5.43. The minimum absolute atomic E-state index is 0.114. The van der Waals surface area contributed by atoms with Crippen LogP contribution in [0.2, 0.25) is 0 Å². The number of hydrogen-bond acceptors (Lipinski definition) is 2. The first-order valence-electron chi connectivity index (χ1n) is 9.65. The van der Waals surface area contributed by atoms with Crippen LogP contribution in [0.15, 0.2) is 6.07 Å². The van der Waals surface area contributed by atoms with Gasteiger partial charge in [0.05, 0.1) is 0 Å². The Hall–Kier alpha value is -1.18. The van der Waals surface area contributed by atoms with Gasteiger partial charge in [0.15, 0.2) is 0 Å². The van der Waals surface area contributed by atoms with E-state index in [0.717, 1.165) is 35.2 Å². The molecule has 0 unspecified atom stereocenters. The van der Waals surface area contributed by atoms with E-state index in [9.17, 15) is 5.11 Å². The SMILES string of the molecule is CCCCCCCCc1c(N)cc(C(C)(C)C)c(O)c1C(C)(C)C. The van der Waals surface area contributed by atoms with Gasteiger partial charge >= 0.3 is 0 Å². The van der Waals surface area contributed by atoms with E-state index >= 15 is 0 Å². The summed E-state index contributed by atoms with van der Waals surface area (Å²) in [7, 11) is 0. The summed E-state index contributed by atoms with van der Waals surface area (Å²) in [4.78, 5) is 0. The summed E-state index contributed by atoms with van der Waals surface area (Å²) in [6, 6.07) is 2.00. The second-order valence-electron chi connectivity index (χ2n) is 9.23. The predicted molar refractivity (Wildman–Crippen MR) is 107 cm³/mol. The molecular formula is C22H39NO. The van der Waals surface area contributed by atoms with E-state index in [1.165, 1.54) is 32.1 Å². The number of aromatic hydroxyl groups is 1. The fraction of sp³-hybridized carbons (Fsp3) is 0.727. The molecule has 0 aliphatic rings. The summed E-state index contributed by atoms with van der Waals surface area (Å²) in [5.74, 6) is 0.449. The molecule has 2 heteroatoms. The zero-order chi connectivity index (χ0) is 18.5. The summed E-state index contributed by atoms with van der Waals surface area (Å²) in [5, 5.41) is 11.0. The highest BCUT2D eigenvalue weighted by Gasteiger charge is 2.29. The molecule has 138 valence electrons. The van der Waals surface area contributed by atoms with E-state index in [2.05, 4.69) is 48.5 Å². The largest absolute Gasteiger partial charge is 0.507 e. The number of nitrogens with two attached hydrogens (primary N) is 1. The second-order valence-corrected chi connectivity index (χ2v) is 9.23. The van der Waals surface area contributed by atoms with Gasteiger partial charge in [-0.05, 0) is 35.3 Å². The van der Waals surface area contributed by atoms with Crippen LogP contribution in [0.1, 0.15) is 104 Å². The molecule has 0 spiro atoms. The Labute approximate surface area is 149 Å². The monoisotopic (exact) mass is 333 g/mol. The Bertz CT molecular complexity index is 532. The molecule has 1 aromatic carbocycles. The van der Waals surface area contributed by atoms with E-state index in [0.29, 0.717) is 5.75 Å². The number of phenolic OH excluding ortho intramolecular Hbond substituents is 1. The number of phenols is 1. The first kappa shape index (κ1) is 20.9. The van der Waals surface area contributed by atoms with E-state index < -0.39 is 0 Å². The first-order chi connectivity index (χ1) is 11.0. The number of nitrogen functional groups attached to an aromatic ring is 1. The van der Waals surface area contributed by atoms with Crippen molar-refractivity contribution in [3.63, 3.8) is 0 Å². The highest BCUT2D eigenvalue weighted by Crippen LogP contribution is 2.43. The molecule has 0 atom stereocenters. The summed E-state index contributed by atoms with van der Waals surface area (Å²) in [5.41, 5.74) is 10.2. The van der Waals surface area contributed by atoms with Crippen LogP contribution in [0, 0.1) is 0 Å². The molecule has 0 saturated carbocycles. The molecular weight excluding hydrogens is 294 g/mol. The van der Waals surface area contributed by atoms with Crippen molar-refractivity contribution >= 4 is 5.69 Å². The van der Waals surface area contributed by atoms with E-state index in [1.807, 2.05) is 6.07 Å². The van der Waals surface area contributed by atoms with Crippen LogP contribution in [0.5, 0.6) is 5.75 Å². The van der Waals surface area contributed by atoms with Gasteiger partial charge in [-0.25, -0.2) is 0 Å². The van der Waals surface area contributed by atoms with Crippen LogP contribution in [0.3, 0.4) is 0 Å². The van der Waals surface area contributed by atoms with Crippen LogP contribution < -0.4 is 5.73 Å². The van der Waals surface area contributed by atoms with Crippen molar-refractivity contribution in [3.8, 4) is 5.75 Å².